The van der Waals surface area contributed by atoms with Gasteiger partial charge in [0.1, 0.15) is 0 Å². The summed E-state index contributed by atoms with van der Waals surface area (Å²) in [4.78, 5) is 6.99. The van der Waals surface area contributed by atoms with Crippen LogP contribution in [0.15, 0.2) is 52.5 Å². The fourth-order valence-corrected chi connectivity index (χ4v) is 3.80. The van der Waals surface area contributed by atoms with Crippen molar-refractivity contribution in [2.24, 2.45) is 12.0 Å². The van der Waals surface area contributed by atoms with Gasteiger partial charge in [-0.2, -0.15) is 0 Å². The summed E-state index contributed by atoms with van der Waals surface area (Å²) < 4.78 is 28.4. The van der Waals surface area contributed by atoms with E-state index < -0.39 is 10.0 Å². The Morgan fingerprint density at radius 3 is 2.39 bits per heavy atom. The molecule has 0 fully saturated rings. The second-order valence-corrected chi connectivity index (χ2v) is 8.65. The van der Waals surface area contributed by atoms with E-state index in [0.717, 1.165) is 12.5 Å². The largest absolute Gasteiger partial charge is 0.357 e. The van der Waals surface area contributed by atoms with Crippen molar-refractivity contribution in [3.8, 4) is 0 Å². The van der Waals surface area contributed by atoms with Crippen molar-refractivity contribution in [1.82, 2.24) is 19.1 Å². The summed E-state index contributed by atoms with van der Waals surface area (Å²) in [5.41, 5.74) is 1.84. The van der Waals surface area contributed by atoms with Gasteiger partial charge in [-0.05, 0) is 30.7 Å². The molecule has 7 nitrogen and oxygen atoms in total. The normalized spacial score (nSPS) is 12.0. The van der Waals surface area contributed by atoms with Crippen molar-refractivity contribution in [3.05, 3.63) is 53.9 Å². The highest BCUT2D eigenvalue weighted by Crippen LogP contribution is 2.19. The quantitative estimate of drug-likeness (QED) is 0.347. The summed E-state index contributed by atoms with van der Waals surface area (Å²) in [6.07, 6.45) is 2.01. The molecule has 0 aliphatic carbocycles. The lowest BCUT2D eigenvalue weighted by atomic mass is 10.2. The average molecular weight is 519 g/mol. The summed E-state index contributed by atoms with van der Waals surface area (Å²) >= 11 is 0. The molecule has 2 aromatic rings. The summed E-state index contributed by atoms with van der Waals surface area (Å²) in [6.45, 7) is 3.72. The molecule has 0 saturated heterocycles. The Labute approximate surface area is 185 Å². The molecule has 0 spiro atoms. The number of hydrogen-bond acceptors (Lipinski definition) is 3. The van der Waals surface area contributed by atoms with E-state index in [2.05, 4.69) is 20.9 Å². The van der Waals surface area contributed by atoms with Crippen molar-refractivity contribution >= 4 is 40.0 Å². The fraction of sp³-hybridized carbons (Fsp3) is 0.421. The minimum absolute atomic E-state index is 0. The number of sulfonamides is 1. The molecule has 1 aromatic heterocycles. The van der Waals surface area contributed by atoms with Gasteiger partial charge in [0.05, 0.1) is 18.0 Å². The summed E-state index contributed by atoms with van der Waals surface area (Å²) in [5.74, 6) is 0.732. The maximum Gasteiger partial charge on any atom is 0.242 e. The van der Waals surface area contributed by atoms with E-state index in [1.54, 1.807) is 18.2 Å². The minimum atomic E-state index is -3.51. The standard InChI is InChI=1S/C19H29N5O2S.HI/c1-6-20-19(24(5)15-17-11-9-13-23(17)4)21-14-16-10-7-8-12-18(16)27(25,26)22(2)3;/h7-13H,6,14-15H2,1-5H3,(H,20,21);1H. The maximum atomic E-state index is 12.6. The molecule has 0 aliphatic rings. The van der Waals surface area contributed by atoms with Crippen molar-refractivity contribution in [2.75, 3.05) is 27.7 Å². The Morgan fingerprint density at radius 2 is 1.82 bits per heavy atom. The van der Waals surface area contributed by atoms with Gasteiger partial charge >= 0.3 is 0 Å². The second-order valence-electron chi connectivity index (χ2n) is 6.53. The van der Waals surface area contributed by atoms with Crippen LogP contribution in [0.2, 0.25) is 0 Å². The zero-order valence-corrected chi connectivity index (χ0v) is 20.2. The second kappa shape index (κ2) is 10.8. The minimum Gasteiger partial charge on any atom is -0.357 e. The summed E-state index contributed by atoms with van der Waals surface area (Å²) in [7, 11) is 3.54. The molecule has 0 unspecified atom stereocenters. The third kappa shape index (κ3) is 5.95. The Morgan fingerprint density at radius 1 is 1.14 bits per heavy atom. The van der Waals surface area contributed by atoms with Gasteiger partial charge in [0, 0.05) is 46.6 Å². The number of rotatable bonds is 7. The Bertz CT molecular complexity index is 893. The van der Waals surface area contributed by atoms with Crippen molar-refractivity contribution in [1.29, 1.82) is 0 Å². The van der Waals surface area contributed by atoms with E-state index in [4.69, 9.17) is 0 Å². The number of aliphatic imine (C=N–C) groups is 1. The fourth-order valence-electron chi connectivity index (χ4n) is 2.69. The number of aromatic nitrogens is 1. The van der Waals surface area contributed by atoms with Crippen LogP contribution in [-0.4, -0.2) is 55.8 Å². The number of nitrogens with one attached hydrogen (secondary N) is 1. The molecule has 0 bridgehead atoms. The van der Waals surface area contributed by atoms with Gasteiger partial charge in [-0.3, -0.25) is 0 Å². The van der Waals surface area contributed by atoms with Crippen molar-refractivity contribution < 1.29 is 8.42 Å². The smallest absolute Gasteiger partial charge is 0.242 e. The van der Waals surface area contributed by atoms with Crippen LogP contribution >= 0.6 is 24.0 Å². The van der Waals surface area contributed by atoms with Crippen LogP contribution < -0.4 is 5.32 Å². The average Bonchev–Trinajstić information content (AvgIpc) is 3.03. The number of hydrogen-bond donors (Lipinski definition) is 1. The van der Waals surface area contributed by atoms with Crippen LogP contribution in [0, 0.1) is 0 Å². The van der Waals surface area contributed by atoms with E-state index in [9.17, 15) is 8.42 Å². The molecule has 2 rings (SSSR count). The SMILES string of the molecule is CCNC(=NCc1ccccc1S(=O)(=O)N(C)C)N(C)Cc1cccn1C.I. The van der Waals surface area contributed by atoms with Gasteiger partial charge < -0.3 is 14.8 Å². The first-order valence-electron chi connectivity index (χ1n) is 8.87. The van der Waals surface area contributed by atoms with E-state index in [-0.39, 0.29) is 30.5 Å². The van der Waals surface area contributed by atoms with Gasteiger partial charge in [0.25, 0.3) is 0 Å². The zero-order valence-electron chi connectivity index (χ0n) is 17.1. The van der Waals surface area contributed by atoms with Gasteiger partial charge in [0.15, 0.2) is 5.96 Å². The predicted molar refractivity (Wildman–Crippen MR) is 124 cm³/mol. The molecule has 9 heteroatoms. The first-order chi connectivity index (χ1) is 12.8. The van der Waals surface area contributed by atoms with E-state index in [1.165, 1.54) is 24.1 Å². The van der Waals surface area contributed by atoms with Crippen LogP contribution in [0.4, 0.5) is 0 Å². The monoisotopic (exact) mass is 519 g/mol. The van der Waals surface area contributed by atoms with Crippen LogP contribution in [0.1, 0.15) is 18.2 Å². The third-order valence-corrected chi connectivity index (χ3v) is 6.19. The van der Waals surface area contributed by atoms with Crippen LogP contribution in [0.25, 0.3) is 0 Å². The highest BCUT2D eigenvalue weighted by molar-refractivity contribution is 14.0. The maximum absolute atomic E-state index is 12.6. The van der Waals surface area contributed by atoms with Gasteiger partial charge in [0.2, 0.25) is 10.0 Å². The highest BCUT2D eigenvalue weighted by Gasteiger charge is 2.20. The molecule has 1 heterocycles. The molecule has 28 heavy (non-hydrogen) atoms. The van der Waals surface area contributed by atoms with Gasteiger partial charge in [-0.1, -0.05) is 18.2 Å². The molecule has 0 saturated carbocycles. The van der Waals surface area contributed by atoms with Crippen molar-refractivity contribution in [2.45, 2.75) is 24.9 Å². The Balaban J connectivity index is 0.00000392. The molecule has 1 N–H and O–H groups in total. The first kappa shape index (κ1) is 24.4. The number of nitrogens with zero attached hydrogens (tertiary/aromatic N) is 4. The predicted octanol–water partition coefficient (Wildman–Crippen LogP) is 2.49. The molecular formula is C19H30IN5O2S. The zero-order chi connectivity index (χ0) is 20.0. The first-order valence-corrected chi connectivity index (χ1v) is 10.3. The molecule has 1 aromatic carbocycles. The number of guanidine groups is 1. The molecule has 0 atom stereocenters. The van der Waals surface area contributed by atoms with Crippen molar-refractivity contribution in [3.63, 3.8) is 0 Å². The lowest BCUT2D eigenvalue weighted by Gasteiger charge is -2.22. The third-order valence-electron chi connectivity index (χ3n) is 4.28. The topological polar surface area (TPSA) is 69.9 Å². The molecule has 0 amide bonds. The summed E-state index contributed by atoms with van der Waals surface area (Å²) in [5, 5.41) is 3.27. The van der Waals surface area contributed by atoms with Gasteiger partial charge in [-0.25, -0.2) is 17.7 Å². The molecule has 0 radical (unpaired) electrons. The lowest BCUT2D eigenvalue weighted by Crippen LogP contribution is -2.38. The van der Waals surface area contributed by atoms with Crippen LogP contribution in [0.5, 0.6) is 0 Å². The van der Waals surface area contributed by atoms with E-state index in [1.807, 2.05) is 44.2 Å². The number of aryl methyl sites for hydroxylation is 1. The van der Waals surface area contributed by atoms with Crippen LogP contribution in [-0.2, 0) is 30.2 Å². The van der Waals surface area contributed by atoms with Crippen LogP contribution in [0.3, 0.4) is 0 Å². The lowest BCUT2D eigenvalue weighted by molar-refractivity contribution is 0.461. The van der Waals surface area contributed by atoms with E-state index >= 15 is 0 Å². The molecule has 156 valence electrons. The number of halogens is 1. The van der Waals surface area contributed by atoms with Gasteiger partial charge in [-0.15, -0.1) is 24.0 Å². The summed E-state index contributed by atoms with van der Waals surface area (Å²) in [6, 6.07) is 11.1. The molecular weight excluding hydrogens is 489 g/mol. The van der Waals surface area contributed by atoms with E-state index in [0.29, 0.717) is 17.0 Å². The highest BCUT2D eigenvalue weighted by atomic mass is 127. The number of benzene rings is 1. The Hall–Kier alpha value is -1.59. The Kier molecular flexibility index (Phi) is 9.45. The molecule has 0 aliphatic heterocycles.